The smallest absolute Gasteiger partial charge is 0.108 e. The van der Waals surface area contributed by atoms with E-state index in [-0.39, 0.29) is 0 Å². The third kappa shape index (κ3) is 2.64. The van der Waals surface area contributed by atoms with E-state index in [1.165, 1.54) is 44.3 Å². The molecular weight excluding hydrogens is 198 g/mol. The summed E-state index contributed by atoms with van der Waals surface area (Å²) in [7, 11) is 2.07. The van der Waals surface area contributed by atoms with Crippen LogP contribution in [0.5, 0.6) is 0 Å². The van der Waals surface area contributed by atoms with Gasteiger partial charge in [0.05, 0.1) is 5.69 Å². The molecule has 0 aromatic carbocycles. The summed E-state index contributed by atoms with van der Waals surface area (Å²) in [6, 6.07) is 0. The second-order valence-electron chi connectivity index (χ2n) is 4.97. The summed E-state index contributed by atoms with van der Waals surface area (Å²) in [5.74, 6) is 2.14. The molecule has 0 aliphatic heterocycles. The fourth-order valence-electron chi connectivity index (χ4n) is 2.72. The van der Waals surface area contributed by atoms with Gasteiger partial charge in [0.2, 0.25) is 0 Å². The van der Waals surface area contributed by atoms with Crippen LogP contribution in [0.3, 0.4) is 0 Å². The maximum Gasteiger partial charge on any atom is 0.108 e. The number of nitrogens with two attached hydrogens (primary N) is 1. The molecule has 3 heteroatoms. The van der Waals surface area contributed by atoms with Gasteiger partial charge < -0.3 is 10.3 Å². The number of hydrogen-bond donors (Lipinski definition) is 1. The highest BCUT2D eigenvalue weighted by atomic mass is 15.1. The largest absolute Gasteiger partial charge is 0.334 e. The second kappa shape index (κ2) is 5.48. The summed E-state index contributed by atoms with van der Waals surface area (Å²) >= 11 is 0. The minimum Gasteiger partial charge on any atom is -0.334 e. The summed E-state index contributed by atoms with van der Waals surface area (Å²) in [5, 5.41) is 0. The molecule has 90 valence electrons. The van der Waals surface area contributed by atoms with E-state index >= 15 is 0 Å². The third-order valence-corrected chi connectivity index (χ3v) is 3.89. The van der Waals surface area contributed by atoms with Crippen molar-refractivity contribution in [3.63, 3.8) is 0 Å². The minimum absolute atomic E-state index is 0.590. The predicted octanol–water partition coefficient (Wildman–Crippen LogP) is 2.39. The van der Waals surface area contributed by atoms with Crippen LogP contribution in [-0.2, 0) is 20.0 Å². The van der Waals surface area contributed by atoms with Gasteiger partial charge in [-0.25, -0.2) is 4.98 Å². The highest BCUT2D eigenvalue weighted by Gasteiger charge is 2.14. The highest BCUT2D eigenvalue weighted by molar-refractivity contribution is 5.04. The van der Waals surface area contributed by atoms with Crippen LogP contribution in [0, 0.1) is 5.92 Å². The third-order valence-electron chi connectivity index (χ3n) is 3.89. The van der Waals surface area contributed by atoms with E-state index in [4.69, 9.17) is 5.73 Å². The average Bonchev–Trinajstić information content (AvgIpc) is 2.69. The van der Waals surface area contributed by atoms with E-state index in [2.05, 4.69) is 16.6 Å². The molecule has 0 spiro atoms. The zero-order valence-corrected chi connectivity index (χ0v) is 10.3. The number of aryl methyl sites for hydroxylation is 1. The van der Waals surface area contributed by atoms with Crippen LogP contribution < -0.4 is 5.73 Å². The van der Waals surface area contributed by atoms with Crippen molar-refractivity contribution in [3.8, 4) is 0 Å². The SMILES string of the molecule is Cn1c(CN)cnc1CCC1CCCCC1. The van der Waals surface area contributed by atoms with Crippen LogP contribution >= 0.6 is 0 Å². The Morgan fingerprint density at radius 3 is 2.75 bits per heavy atom. The first-order valence-corrected chi connectivity index (χ1v) is 6.51. The zero-order chi connectivity index (χ0) is 11.4. The number of imidazole rings is 1. The van der Waals surface area contributed by atoms with E-state index in [9.17, 15) is 0 Å². The van der Waals surface area contributed by atoms with Crippen LogP contribution in [-0.4, -0.2) is 9.55 Å². The van der Waals surface area contributed by atoms with Crippen molar-refractivity contribution in [3.05, 3.63) is 17.7 Å². The van der Waals surface area contributed by atoms with Gasteiger partial charge in [-0.15, -0.1) is 0 Å². The Kier molecular flexibility index (Phi) is 3.99. The molecule has 0 amide bonds. The van der Waals surface area contributed by atoms with Crippen molar-refractivity contribution < 1.29 is 0 Å². The van der Waals surface area contributed by atoms with Gasteiger partial charge >= 0.3 is 0 Å². The molecule has 1 aliphatic rings. The van der Waals surface area contributed by atoms with Gasteiger partial charge in [-0.1, -0.05) is 32.1 Å². The molecule has 3 nitrogen and oxygen atoms in total. The molecule has 1 aliphatic carbocycles. The maximum absolute atomic E-state index is 5.64. The van der Waals surface area contributed by atoms with E-state index in [0.29, 0.717) is 6.54 Å². The van der Waals surface area contributed by atoms with Crippen molar-refractivity contribution in [1.82, 2.24) is 9.55 Å². The molecule has 0 atom stereocenters. The number of nitrogens with zero attached hydrogens (tertiary/aromatic N) is 2. The minimum atomic E-state index is 0.590. The molecule has 0 unspecified atom stereocenters. The Morgan fingerprint density at radius 1 is 1.38 bits per heavy atom. The average molecular weight is 221 g/mol. The van der Waals surface area contributed by atoms with E-state index in [1.807, 2.05) is 6.20 Å². The number of hydrogen-bond acceptors (Lipinski definition) is 2. The fourth-order valence-corrected chi connectivity index (χ4v) is 2.72. The van der Waals surface area contributed by atoms with Crippen LogP contribution in [0.4, 0.5) is 0 Å². The first-order valence-electron chi connectivity index (χ1n) is 6.51. The molecule has 0 bridgehead atoms. The zero-order valence-electron chi connectivity index (χ0n) is 10.3. The molecule has 0 saturated heterocycles. The summed E-state index contributed by atoms with van der Waals surface area (Å²) in [4.78, 5) is 4.45. The molecule has 1 fully saturated rings. The Labute approximate surface area is 98.1 Å². The first-order chi connectivity index (χ1) is 7.81. The molecule has 1 heterocycles. The van der Waals surface area contributed by atoms with Crippen LogP contribution in [0.15, 0.2) is 6.20 Å². The van der Waals surface area contributed by atoms with Crippen molar-refractivity contribution in [2.24, 2.45) is 18.7 Å². The second-order valence-corrected chi connectivity index (χ2v) is 4.97. The first kappa shape index (κ1) is 11.6. The van der Waals surface area contributed by atoms with Crippen molar-refractivity contribution in [2.75, 3.05) is 0 Å². The molecule has 1 aromatic heterocycles. The lowest BCUT2D eigenvalue weighted by Gasteiger charge is -2.21. The van der Waals surface area contributed by atoms with E-state index in [1.54, 1.807) is 0 Å². The molecular formula is C13H23N3. The number of aromatic nitrogens is 2. The monoisotopic (exact) mass is 221 g/mol. The molecule has 16 heavy (non-hydrogen) atoms. The van der Waals surface area contributed by atoms with Gasteiger partial charge in [-0.05, 0) is 12.3 Å². The fraction of sp³-hybridized carbons (Fsp3) is 0.769. The molecule has 2 rings (SSSR count). The Balaban J connectivity index is 1.86. The van der Waals surface area contributed by atoms with Crippen LogP contribution in [0.2, 0.25) is 0 Å². The summed E-state index contributed by atoms with van der Waals surface area (Å²) < 4.78 is 2.16. The number of rotatable bonds is 4. The lowest BCUT2D eigenvalue weighted by atomic mass is 9.86. The van der Waals surface area contributed by atoms with Crippen molar-refractivity contribution in [2.45, 2.75) is 51.5 Å². The van der Waals surface area contributed by atoms with Gasteiger partial charge in [0, 0.05) is 26.2 Å². The normalized spacial score (nSPS) is 17.9. The Bertz CT molecular complexity index is 324. The molecule has 0 radical (unpaired) electrons. The Hall–Kier alpha value is -0.830. The quantitative estimate of drug-likeness (QED) is 0.848. The van der Waals surface area contributed by atoms with Crippen molar-refractivity contribution in [1.29, 1.82) is 0 Å². The standard InChI is InChI=1S/C13H23N3/c1-16-12(9-14)10-15-13(16)8-7-11-5-3-2-4-6-11/h10-11H,2-9,14H2,1H3. The van der Waals surface area contributed by atoms with Gasteiger partial charge in [0.25, 0.3) is 0 Å². The van der Waals surface area contributed by atoms with Gasteiger partial charge in [-0.3, -0.25) is 0 Å². The summed E-state index contributed by atoms with van der Waals surface area (Å²) in [5.41, 5.74) is 6.78. The Morgan fingerprint density at radius 2 is 2.12 bits per heavy atom. The lowest BCUT2D eigenvalue weighted by molar-refractivity contribution is 0.336. The summed E-state index contributed by atoms with van der Waals surface area (Å²) in [6.45, 7) is 0.590. The van der Waals surface area contributed by atoms with E-state index < -0.39 is 0 Å². The molecule has 2 N–H and O–H groups in total. The molecule has 1 saturated carbocycles. The van der Waals surface area contributed by atoms with Gasteiger partial charge in [0.1, 0.15) is 5.82 Å². The predicted molar refractivity (Wildman–Crippen MR) is 66.0 cm³/mol. The maximum atomic E-state index is 5.64. The summed E-state index contributed by atoms with van der Waals surface area (Å²) in [6.07, 6.45) is 11.5. The van der Waals surface area contributed by atoms with Crippen molar-refractivity contribution >= 4 is 0 Å². The van der Waals surface area contributed by atoms with Crippen LogP contribution in [0.1, 0.15) is 50.0 Å². The van der Waals surface area contributed by atoms with Crippen LogP contribution in [0.25, 0.3) is 0 Å². The lowest BCUT2D eigenvalue weighted by Crippen LogP contribution is -2.10. The highest BCUT2D eigenvalue weighted by Crippen LogP contribution is 2.27. The topological polar surface area (TPSA) is 43.8 Å². The van der Waals surface area contributed by atoms with Gasteiger partial charge in [0.15, 0.2) is 0 Å². The van der Waals surface area contributed by atoms with E-state index in [0.717, 1.165) is 18.0 Å². The van der Waals surface area contributed by atoms with Gasteiger partial charge in [-0.2, -0.15) is 0 Å². The molecule has 1 aromatic rings.